The zero-order valence-corrected chi connectivity index (χ0v) is 17.8. The van der Waals surface area contributed by atoms with E-state index in [0.717, 1.165) is 16.8 Å². The van der Waals surface area contributed by atoms with E-state index in [9.17, 15) is 9.59 Å². The van der Waals surface area contributed by atoms with E-state index in [1.807, 2.05) is 49.4 Å². The molecule has 2 amide bonds. The number of benzene rings is 2. The van der Waals surface area contributed by atoms with E-state index in [1.54, 1.807) is 22.9 Å². The van der Waals surface area contributed by atoms with Gasteiger partial charge in [0.1, 0.15) is 0 Å². The minimum atomic E-state index is -0.0758. The number of hydrogen-bond acceptors (Lipinski definition) is 5. The third-order valence-electron chi connectivity index (χ3n) is 5.38. The number of ether oxygens (including phenoxy) is 3. The van der Waals surface area contributed by atoms with Crippen LogP contribution in [-0.2, 0) is 14.3 Å². The second kappa shape index (κ2) is 9.22. The molecule has 2 aliphatic rings. The highest BCUT2D eigenvalue weighted by molar-refractivity contribution is 6.35. The Labute approximate surface area is 181 Å². The lowest BCUT2D eigenvalue weighted by atomic mass is 10.0. The molecule has 7 heteroatoms. The van der Waals surface area contributed by atoms with E-state index in [4.69, 9.17) is 14.2 Å². The molecule has 31 heavy (non-hydrogen) atoms. The largest absolute Gasteiger partial charge is 0.490 e. The van der Waals surface area contributed by atoms with Crippen LogP contribution in [0.1, 0.15) is 18.1 Å². The Morgan fingerprint density at radius 2 is 1.87 bits per heavy atom. The maximum absolute atomic E-state index is 12.7. The molecule has 162 valence electrons. The van der Waals surface area contributed by atoms with Crippen LogP contribution in [0.5, 0.6) is 11.5 Å². The zero-order chi connectivity index (χ0) is 21.8. The Morgan fingerprint density at radius 1 is 1.10 bits per heavy atom. The van der Waals surface area contributed by atoms with Gasteiger partial charge in [0.15, 0.2) is 18.1 Å². The van der Waals surface area contributed by atoms with Gasteiger partial charge in [-0.3, -0.25) is 9.59 Å². The lowest BCUT2D eigenvalue weighted by molar-refractivity contribution is -0.137. The summed E-state index contributed by atoms with van der Waals surface area (Å²) in [6, 6.07) is 13.2. The van der Waals surface area contributed by atoms with E-state index in [2.05, 4.69) is 0 Å². The molecule has 2 aliphatic heterocycles. The Balaban J connectivity index is 1.54. The number of hydrogen-bond donors (Lipinski definition) is 0. The van der Waals surface area contributed by atoms with Gasteiger partial charge in [-0.1, -0.05) is 24.3 Å². The van der Waals surface area contributed by atoms with Gasteiger partial charge in [0.25, 0.3) is 11.8 Å². The second-order valence-corrected chi connectivity index (χ2v) is 7.36. The molecule has 0 spiro atoms. The standard InChI is InChI=1S/C24H26N2O5/c1-3-30-22-15-17(14-19-18-6-4-5-7-20(18)25(2)24(19)28)8-9-21(22)31-16-23(27)26-10-12-29-13-11-26/h4-9,14-15H,3,10-13,16H2,1-2H3/b19-14+. The second-order valence-electron chi connectivity index (χ2n) is 7.36. The third-order valence-corrected chi connectivity index (χ3v) is 5.38. The first kappa shape index (κ1) is 20.9. The number of carbonyl (C=O) groups is 2. The maximum atomic E-state index is 12.7. The van der Waals surface area contributed by atoms with Crippen molar-refractivity contribution < 1.29 is 23.8 Å². The summed E-state index contributed by atoms with van der Waals surface area (Å²) in [5.74, 6) is 0.920. The smallest absolute Gasteiger partial charge is 0.260 e. The fourth-order valence-corrected chi connectivity index (χ4v) is 3.75. The number of rotatable bonds is 6. The van der Waals surface area contributed by atoms with Crippen molar-refractivity contribution in [1.82, 2.24) is 4.90 Å². The summed E-state index contributed by atoms with van der Waals surface area (Å²) in [6.07, 6.45) is 1.86. The molecule has 1 fully saturated rings. The van der Waals surface area contributed by atoms with E-state index >= 15 is 0 Å². The van der Waals surface area contributed by atoms with Crippen molar-refractivity contribution in [3.63, 3.8) is 0 Å². The zero-order valence-electron chi connectivity index (χ0n) is 17.8. The molecule has 0 bridgehead atoms. The van der Waals surface area contributed by atoms with Crippen molar-refractivity contribution in [3.05, 3.63) is 53.6 Å². The number of nitrogens with zero attached hydrogens (tertiary/aromatic N) is 2. The Kier molecular flexibility index (Phi) is 6.23. The lowest BCUT2D eigenvalue weighted by Crippen LogP contribution is -2.43. The maximum Gasteiger partial charge on any atom is 0.260 e. The molecule has 1 saturated heterocycles. The predicted octanol–water partition coefficient (Wildman–Crippen LogP) is 2.84. The van der Waals surface area contributed by atoms with Crippen LogP contribution >= 0.6 is 0 Å². The molecule has 0 radical (unpaired) electrons. The summed E-state index contributed by atoms with van der Waals surface area (Å²) in [5, 5.41) is 0. The lowest BCUT2D eigenvalue weighted by Gasteiger charge is -2.26. The molecule has 0 atom stereocenters. The minimum Gasteiger partial charge on any atom is -0.490 e. The van der Waals surface area contributed by atoms with Crippen LogP contribution in [-0.4, -0.2) is 63.3 Å². The molecule has 2 heterocycles. The van der Waals surface area contributed by atoms with E-state index in [0.29, 0.717) is 50.0 Å². The van der Waals surface area contributed by atoms with Gasteiger partial charge < -0.3 is 24.0 Å². The molecular formula is C24H26N2O5. The topological polar surface area (TPSA) is 68.3 Å². The summed E-state index contributed by atoms with van der Waals surface area (Å²) >= 11 is 0. The van der Waals surface area contributed by atoms with Gasteiger partial charge in [-0.05, 0) is 36.8 Å². The minimum absolute atomic E-state index is 0.0457. The molecule has 7 nitrogen and oxygen atoms in total. The van der Waals surface area contributed by atoms with E-state index in [1.165, 1.54) is 0 Å². The highest BCUT2D eigenvalue weighted by atomic mass is 16.5. The number of fused-ring (bicyclic) bond motifs is 1. The first-order valence-electron chi connectivity index (χ1n) is 10.4. The van der Waals surface area contributed by atoms with Crippen LogP contribution in [0.25, 0.3) is 11.6 Å². The first-order valence-corrected chi connectivity index (χ1v) is 10.4. The third kappa shape index (κ3) is 4.41. The van der Waals surface area contributed by atoms with Crippen molar-refractivity contribution in [2.24, 2.45) is 0 Å². The van der Waals surface area contributed by atoms with Gasteiger partial charge in [0.05, 0.1) is 25.5 Å². The van der Waals surface area contributed by atoms with Crippen LogP contribution in [0.2, 0.25) is 0 Å². The van der Waals surface area contributed by atoms with Gasteiger partial charge >= 0.3 is 0 Å². The van der Waals surface area contributed by atoms with E-state index in [-0.39, 0.29) is 18.4 Å². The SMILES string of the molecule is CCOc1cc(/C=C2/C(=O)N(C)c3ccccc32)ccc1OCC(=O)N1CCOCC1. The summed E-state index contributed by atoms with van der Waals surface area (Å²) in [6.45, 7) is 4.55. The molecule has 0 aromatic heterocycles. The molecule has 4 rings (SSSR count). The number of likely N-dealkylation sites (N-methyl/N-ethyl adjacent to an activating group) is 1. The summed E-state index contributed by atoms with van der Waals surface area (Å²) in [7, 11) is 1.77. The molecule has 2 aromatic carbocycles. The van der Waals surface area contributed by atoms with Crippen LogP contribution in [0.15, 0.2) is 42.5 Å². The van der Waals surface area contributed by atoms with Crippen LogP contribution in [0.4, 0.5) is 5.69 Å². The molecule has 0 N–H and O–H groups in total. The Morgan fingerprint density at radius 3 is 2.65 bits per heavy atom. The van der Waals surface area contributed by atoms with Crippen LogP contribution in [0, 0.1) is 0 Å². The van der Waals surface area contributed by atoms with Crippen molar-refractivity contribution >= 4 is 29.2 Å². The highest BCUT2D eigenvalue weighted by Crippen LogP contribution is 2.37. The average molecular weight is 422 g/mol. The fourth-order valence-electron chi connectivity index (χ4n) is 3.75. The summed E-state index contributed by atoms with van der Waals surface area (Å²) < 4.78 is 16.8. The van der Waals surface area contributed by atoms with Gasteiger partial charge in [-0.15, -0.1) is 0 Å². The number of morpholine rings is 1. The van der Waals surface area contributed by atoms with E-state index < -0.39 is 0 Å². The molecule has 0 unspecified atom stereocenters. The number of amides is 2. The Bertz CT molecular complexity index is 1010. The normalized spacial score (nSPS) is 17.1. The van der Waals surface area contributed by atoms with Gasteiger partial charge in [0, 0.05) is 31.3 Å². The number of carbonyl (C=O) groups excluding carboxylic acids is 2. The van der Waals surface area contributed by atoms with Gasteiger partial charge in [0.2, 0.25) is 0 Å². The Hall–Kier alpha value is -3.32. The number of para-hydroxylation sites is 1. The predicted molar refractivity (Wildman–Crippen MR) is 118 cm³/mol. The summed E-state index contributed by atoms with van der Waals surface area (Å²) in [5.41, 5.74) is 3.26. The van der Waals surface area contributed by atoms with Crippen LogP contribution in [0.3, 0.4) is 0 Å². The quantitative estimate of drug-likeness (QED) is 0.670. The van der Waals surface area contributed by atoms with Crippen LogP contribution < -0.4 is 14.4 Å². The fraction of sp³-hybridized carbons (Fsp3) is 0.333. The van der Waals surface area contributed by atoms with Crippen molar-refractivity contribution in [2.75, 3.05) is 51.5 Å². The van der Waals surface area contributed by atoms with Crippen molar-refractivity contribution in [1.29, 1.82) is 0 Å². The van der Waals surface area contributed by atoms with Gasteiger partial charge in [-0.25, -0.2) is 0 Å². The summed E-state index contributed by atoms with van der Waals surface area (Å²) in [4.78, 5) is 28.5. The number of anilines is 1. The van der Waals surface area contributed by atoms with Gasteiger partial charge in [-0.2, -0.15) is 0 Å². The molecule has 0 saturated carbocycles. The highest BCUT2D eigenvalue weighted by Gasteiger charge is 2.29. The monoisotopic (exact) mass is 422 g/mol. The average Bonchev–Trinajstić information content (AvgIpc) is 3.04. The first-order chi connectivity index (χ1) is 15.1. The molecule has 0 aliphatic carbocycles. The van der Waals surface area contributed by atoms with Crippen molar-refractivity contribution in [3.8, 4) is 11.5 Å². The molecule has 2 aromatic rings. The van der Waals surface area contributed by atoms with Crippen molar-refractivity contribution in [2.45, 2.75) is 6.92 Å². The molecular weight excluding hydrogens is 396 g/mol.